The van der Waals surface area contributed by atoms with Crippen molar-refractivity contribution in [1.82, 2.24) is 9.80 Å². The summed E-state index contributed by atoms with van der Waals surface area (Å²) in [5.74, 6) is -0.703. The number of aliphatic hydroxyl groups excluding tert-OH is 1. The van der Waals surface area contributed by atoms with E-state index >= 15 is 0 Å². The quantitative estimate of drug-likeness (QED) is 0.348. The zero-order valence-electron chi connectivity index (χ0n) is 20.2. The maximum Gasteiger partial charge on any atom is 0.295 e. The Bertz CT molecular complexity index is 1010. The monoisotopic (exact) mass is 450 g/mol. The van der Waals surface area contributed by atoms with Crippen LogP contribution in [0.5, 0.6) is 5.75 Å². The normalized spacial score (nSPS) is 17.9. The van der Waals surface area contributed by atoms with E-state index in [1.165, 1.54) is 5.56 Å². The second-order valence-corrected chi connectivity index (χ2v) is 8.94. The van der Waals surface area contributed by atoms with Gasteiger partial charge in [0.05, 0.1) is 17.7 Å². The lowest BCUT2D eigenvalue weighted by atomic mass is 9.94. The Labute approximate surface area is 196 Å². The lowest BCUT2D eigenvalue weighted by molar-refractivity contribution is -0.139. The fourth-order valence-corrected chi connectivity index (χ4v) is 4.07. The van der Waals surface area contributed by atoms with E-state index in [9.17, 15) is 14.7 Å². The number of rotatable bonds is 9. The molecule has 1 aliphatic rings. The number of nitrogens with zero attached hydrogens (tertiary/aromatic N) is 2. The molecule has 1 fully saturated rings. The standard InChI is InChI=1S/C27H34N2O4/c1-6-19-8-10-20(11-9-19)24-23(26(31)27(32)29(24)17-7-16-28(4)5)25(30)21-12-14-22(15-13-21)33-18(2)3/h8-15,18,24,30H,6-7,16-17H2,1-5H3/t24-/m1/s1. The van der Waals surface area contributed by atoms with Crippen LogP contribution in [0.15, 0.2) is 54.1 Å². The number of ether oxygens (including phenoxy) is 1. The third-order valence-electron chi connectivity index (χ3n) is 5.75. The zero-order valence-corrected chi connectivity index (χ0v) is 20.2. The molecule has 1 atom stereocenters. The predicted molar refractivity (Wildman–Crippen MR) is 130 cm³/mol. The molecule has 176 valence electrons. The molecular formula is C27H34N2O4. The molecule has 1 heterocycles. The van der Waals surface area contributed by atoms with Gasteiger partial charge in [0.15, 0.2) is 0 Å². The highest BCUT2D eigenvalue weighted by atomic mass is 16.5. The van der Waals surface area contributed by atoms with E-state index in [0.29, 0.717) is 17.9 Å². The molecule has 0 aromatic heterocycles. The molecule has 3 rings (SSSR count). The Morgan fingerprint density at radius 3 is 2.24 bits per heavy atom. The minimum absolute atomic E-state index is 0.0306. The highest BCUT2D eigenvalue weighted by Crippen LogP contribution is 2.39. The molecule has 1 amide bonds. The SMILES string of the molecule is CCc1ccc([C@@H]2C(=C(O)c3ccc(OC(C)C)cc3)C(=O)C(=O)N2CCCN(C)C)cc1. The minimum Gasteiger partial charge on any atom is -0.507 e. The summed E-state index contributed by atoms with van der Waals surface area (Å²) in [4.78, 5) is 29.7. The molecule has 6 nitrogen and oxygen atoms in total. The number of carbonyl (C=O) groups is 2. The van der Waals surface area contributed by atoms with E-state index in [4.69, 9.17) is 4.74 Å². The van der Waals surface area contributed by atoms with Crippen molar-refractivity contribution in [3.8, 4) is 5.75 Å². The maximum atomic E-state index is 13.1. The predicted octanol–water partition coefficient (Wildman–Crippen LogP) is 4.41. The molecule has 1 saturated heterocycles. The summed E-state index contributed by atoms with van der Waals surface area (Å²) >= 11 is 0. The third-order valence-corrected chi connectivity index (χ3v) is 5.75. The van der Waals surface area contributed by atoms with Crippen molar-refractivity contribution >= 4 is 17.4 Å². The summed E-state index contributed by atoms with van der Waals surface area (Å²) in [6.45, 7) is 7.18. The van der Waals surface area contributed by atoms with Crippen molar-refractivity contribution < 1.29 is 19.4 Å². The number of aryl methyl sites for hydroxylation is 1. The van der Waals surface area contributed by atoms with Crippen molar-refractivity contribution in [3.05, 3.63) is 70.8 Å². The molecule has 2 aromatic rings. The number of ketones is 1. The summed E-state index contributed by atoms with van der Waals surface area (Å²) in [5, 5.41) is 11.2. The number of amides is 1. The number of Topliss-reactive ketones (excluding diaryl/α,β-unsaturated/α-hetero) is 1. The van der Waals surface area contributed by atoms with Gasteiger partial charge in [-0.05, 0) is 82.7 Å². The van der Waals surface area contributed by atoms with Gasteiger partial charge in [-0.15, -0.1) is 0 Å². The number of carbonyl (C=O) groups excluding carboxylic acids is 2. The van der Waals surface area contributed by atoms with Crippen LogP contribution < -0.4 is 4.74 Å². The molecule has 6 heteroatoms. The number of hydrogen-bond acceptors (Lipinski definition) is 5. The Kier molecular flexibility index (Phi) is 7.92. The van der Waals surface area contributed by atoms with Gasteiger partial charge in [-0.25, -0.2) is 0 Å². The molecule has 2 aromatic carbocycles. The summed E-state index contributed by atoms with van der Waals surface area (Å²) in [7, 11) is 3.95. The molecule has 0 unspecified atom stereocenters. The van der Waals surface area contributed by atoms with E-state index in [0.717, 1.165) is 24.9 Å². The van der Waals surface area contributed by atoms with E-state index in [1.54, 1.807) is 29.2 Å². The highest BCUT2D eigenvalue weighted by molar-refractivity contribution is 6.46. The Morgan fingerprint density at radius 2 is 1.70 bits per heavy atom. The molecular weight excluding hydrogens is 416 g/mol. The lowest BCUT2D eigenvalue weighted by Gasteiger charge is -2.26. The van der Waals surface area contributed by atoms with Crippen LogP contribution in [-0.4, -0.2) is 59.9 Å². The highest BCUT2D eigenvalue weighted by Gasteiger charge is 2.45. The Hall–Kier alpha value is -3.12. The summed E-state index contributed by atoms with van der Waals surface area (Å²) in [6.07, 6.45) is 1.65. The average Bonchev–Trinajstić information content (AvgIpc) is 3.03. The Balaban J connectivity index is 2.03. The van der Waals surface area contributed by atoms with Gasteiger partial charge in [-0.1, -0.05) is 31.2 Å². The van der Waals surface area contributed by atoms with Gasteiger partial charge in [0.2, 0.25) is 0 Å². The molecule has 0 saturated carbocycles. The van der Waals surface area contributed by atoms with Crippen LogP contribution in [0.1, 0.15) is 49.9 Å². The summed E-state index contributed by atoms with van der Waals surface area (Å²) < 4.78 is 5.67. The Morgan fingerprint density at radius 1 is 1.06 bits per heavy atom. The fraction of sp³-hybridized carbons (Fsp3) is 0.407. The first kappa shape index (κ1) is 24.5. The number of likely N-dealkylation sites (tertiary alicyclic amines) is 1. The van der Waals surface area contributed by atoms with Gasteiger partial charge in [0.25, 0.3) is 11.7 Å². The molecule has 1 aliphatic heterocycles. The number of aliphatic hydroxyl groups is 1. The summed E-state index contributed by atoms with van der Waals surface area (Å²) in [5.41, 5.74) is 2.60. The van der Waals surface area contributed by atoms with Crippen molar-refractivity contribution in [2.24, 2.45) is 0 Å². The number of hydrogen-bond donors (Lipinski definition) is 1. The molecule has 0 radical (unpaired) electrons. The van der Waals surface area contributed by atoms with Crippen LogP contribution in [0.3, 0.4) is 0 Å². The van der Waals surface area contributed by atoms with E-state index < -0.39 is 17.7 Å². The fourth-order valence-electron chi connectivity index (χ4n) is 4.07. The van der Waals surface area contributed by atoms with Crippen LogP contribution in [-0.2, 0) is 16.0 Å². The van der Waals surface area contributed by atoms with E-state index in [-0.39, 0.29) is 17.4 Å². The van der Waals surface area contributed by atoms with Crippen LogP contribution >= 0.6 is 0 Å². The average molecular weight is 451 g/mol. The third kappa shape index (κ3) is 5.63. The van der Waals surface area contributed by atoms with Crippen molar-refractivity contribution in [1.29, 1.82) is 0 Å². The van der Waals surface area contributed by atoms with Crippen molar-refractivity contribution in [3.63, 3.8) is 0 Å². The molecule has 0 bridgehead atoms. The zero-order chi connectivity index (χ0) is 24.1. The topological polar surface area (TPSA) is 70.1 Å². The van der Waals surface area contributed by atoms with Gasteiger partial charge in [-0.3, -0.25) is 9.59 Å². The minimum atomic E-state index is -0.649. The van der Waals surface area contributed by atoms with Gasteiger partial charge in [-0.2, -0.15) is 0 Å². The van der Waals surface area contributed by atoms with E-state index in [1.807, 2.05) is 57.1 Å². The van der Waals surface area contributed by atoms with Crippen LogP contribution in [0.4, 0.5) is 0 Å². The molecule has 1 N–H and O–H groups in total. The van der Waals surface area contributed by atoms with Crippen LogP contribution in [0.2, 0.25) is 0 Å². The van der Waals surface area contributed by atoms with Crippen molar-refractivity contribution in [2.45, 2.75) is 45.8 Å². The van der Waals surface area contributed by atoms with Gasteiger partial charge >= 0.3 is 0 Å². The largest absolute Gasteiger partial charge is 0.507 e. The lowest BCUT2D eigenvalue weighted by Crippen LogP contribution is -2.32. The smallest absolute Gasteiger partial charge is 0.295 e. The molecule has 33 heavy (non-hydrogen) atoms. The number of benzene rings is 2. The first-order valence-corrected chi connectivity index (χ1v) is 11.5. The van der Waals surface area contributed by atoms with Crippen molar-refractivity contribution in [2.75, 3.05) is 27.2 Å². The summed E-state index contributed by atoms with van der Waals surface area (Å²) in [6, 6.07) is 14.2. The van der Waals surface area contributed by atoms with Crippen LogP contribution in [0.25, 0.3) is 5.76 Å². The molecule has 0 aliphatic carbocycles. The first-order valence-electron chi connectivity index (χ1n) is 11.5. The molecule has 0 spiro atoms. The van der Waals surface area contributed by atoms with Crippen LogP contribution in [0, 0.1) is 0 Å². The second-order valence-electron chi connectivity index (χ2n) is 8.94. The maximum absolute atomic E-state index is 13.1. The van der Waals surface area contributed by atoms with E-state index in [2.05, 4.69) is 6.92 Å². The first-order chi connectivity index (χ1) is 15.7. The van der Waals surface area contributed by atoms with Gasteiger partial charge in [0.1, 0.15) is 11.5 Å². The van der Waals surface area contributed by atoms with Gasteiger partial charge in [0, 0.05) is 12.1 Å². The second kappa shape index (κ2) is 10.7. The van der Waals surface area contributed by atoms with Gasteiger partial charge < -0.3 is 19.6 Å².